The number of aromatic nitrogens is 4. The van der Waals surface area contributed by atoms with Crippen molar-refractivity contribution in [2.75, 3.05) is 33.8 Å². The molecule has 5 rings (SSSR count). The lowest BCUT2D eigenvalue weighted by Crippen LogP contribution is -2.35. The van der Waals surface area contributed by atoms with Crippen LogP contribution in [0.2, 0.25) is 0 Å². The number of aromatic amines is 1. The zero-order valence-electron chi connectivity index (χ0n) is 20.4. The average Bonchev–Trinajstić information content (AvgIpc) is 3.57. The lowest BCUT2D eigenvalue weighted by molar-refractivity contribution is -0.130. The van der Waals surface area contributed by atoms with Gasteiger partial charge in [-0.25, -0.2) is 5.10 Å². The fraction of sp³-hybridized carbons (Fsp3) is 0.346. The van der Waals surface area contributed by atoms with E-state index in [9.17, 15) is 9.59 Å². The van der Waals surface area contributed by atoms with E-state index in [1.165, 1.54) is 0 Å². The van der Waals surface area contributed by atoms with E-state index in [0.717, 1.165) is 34.4 Å². The molecule has 0 saturated carbocycles. The lowest BCUT2D eigenvalue weighted by atomic mass is 10.1. The molecule has 0 spiro atoms. The van der Waals surface area contributed by atoms with E-state index in [-0.39, 0.29) is 17.9 Å². The van der Waals surface area contributed by atoms with E-state index in [4.69, 9.17) is 9.26 Å². The lowest BCUT2D eigenvalue weighted by Gasteiger charge is -2.22. The number of likely N-dealkylation sites (N-methyl/N-ethyl adjacent to an activating group) is 2. The minimum atomic E-state index is -0.197. The average molecular weight is 489 g/mol. The Morgan fingerprint density at radius 3 is 2.81 bits per heavy atom. The zero-order valence-corrected chi connectivity index (χ0v) is 20.4. The molecule has 3 heterocycles. The quantitative estimate of drug-likeness (QED) is 0.382. The van der Waals surface area contributed by atoms with Crippen molar-refractivity contribution in [3.8, 4) is 17.1 Å². The monoisotopic (exact) mass is 488 g/mol. The van der Waals surface area contributed by atoms with Gasteiger partial charge < -0.3 is 14.2 Å². The number of nitrogens with zero attached hydrogens (tertiary/aromatic N) is 5. The Morgan fingerprint density at radius 2 is 1.94 bits per heavy atom. The van der Waals surface area contributed by atoms with E-state index >= 15 is 0 Å². The van der Waals surface area contributed by atoms with Gasteiger partial charge in [-0.15, -0.1) is 0 Å². The number of nitrogens with one attached hydrogen (secondary N) is 1. The number of H-pyrrole nitrogens is 1. The third kappa shape index (κ3) is 5.13. The molecule has 0 atom stereocenters. The molecule has 10 nitrogen and oxygen atoms in total. The van der Waals surface area contributed by atoms with E-state index < -0.39 is 0 Å². The molecule has 1 N–H and O–H groups in total. The molecule has 1 amide bonds. The van der Waals surface area contributed by atoms with Gasteiger partial charge >= 0.3 is 0 Å². The second-order valence-corrected chi connectivity index (χ2v) is 9.03. The van der Waals surface area contributed by atoms with Crippen LogP contribution in [0.1, 0.15) is 23.6 Å². The Balaban J connectivity index is 1.11. The van der Waals surface area contributed by atoms with Crippen molar-refractivity contribution in [2.24, 2.45) is 0 Å². The molecule has 0 fully saturated rings. The van der Waals surface area contributed by atoms with Gasteiger partial charge in [-0.2, -0.15) is 10.1 Å². The summed E-state index contributed by atoms with van der Waals surface area (Å²) in [6.07, 6.45) is 1.54. The first-order valence-corrected chi connectivity index (χ1v) is 12.0. The number of carbonyl (C=O) groups excluding carboxylic acids is 1. The molecular weight excluding hydrogens is 460 g/mol. The fourth-order valence-corrected chi connectivity index (χ4v) is 4.28. The minimum Gasteiger partial charge on any atom is -0.493 e. The second-order valence-electron chi connectivity index (χ2n) is 9.03. The van der Waals surface area contributed by atoms with Crippen molar-refractivity contribution < 1.29 is 14.1 Å². The molecule has 186 valence electrons. The number of amides is 1. The van der Waals surface area contributed by atoms with E-state index in [0.29, 0.717) is 49.8 Å². The van der Waals surface area contributed by atoms with Crippen LogP contribution in [0.4, 0.5) is 0 Å². The molecule has 0 unspecified atom stereocenters. The molecule has 4 aromatic rings. The van der Waals surface area contributed by atoms with Crippen molar-refractivity contribution in [1.82, 2.24) is 30.1 Å². The highest BCUT2D eigenvalue weighted by atomic mass is 16.5. The third-order valence-corrected chi connectivity index (χ3v) is 6.41. The van der Waals surface area contributed by atoms with E-state index in [1.807, 2.05) is 43.4 Å². The summed E-state index contributed by atoms with van der Waals surface area (Å²) < 4.78 is 10.9. The van der Waals surface area contributed by atoms with Gasteiger partial charge in [-0.05, 0) is 36.9 Å². The first kappa shape index (κ1) is 23.7. The van der Waals surface area contributed by atoms with Gasteiger partial charge in [0.25, 0.3) is 5.56 Å². The van der Waals surface area contributed by atoms with Crippen LogP contribution in [0.5, 0.6) is 5.75 Å². The normalized spacial score (nSPS) is 12.6. The highest BCUT2D eigenvalue weighted by Gasteiger charge is 2.17. The molecule has 1 aliphatic rings. The van der Waals surface area contributed by atoms with Crippen LogP contribution < -0.4 is 10.3 Å². The standard InChI is InChI=1S/C26H28N6O4/c1-31(16-21-19-5-3-4-6-20(19)26(34)29-28-21)12-13-32(2)24(33)10-9-23-27-25(30-36-23)18-7-8-22-17(15-18)11-14-35-22/h3-8,15H,9-14,16H2,1-2H3,(H,29,34). The SMILES string of the molecule is CN(CCN(C)C(=O)CCc1nc(-c2ccc3c(c2)CCO3)no1)Cc1n[nH]c(=O)c2ccccc12. The number of aryl methyl sites for hydroxylation is 1. The van der Waals surface area contributed by atoms with Crippen LogP contribution in [0.3, 0.4) is 0 Å². The molecule has 0 radical (unpaired) electrons. The molecule has 0 bridgehead atoms. The number of hydrogen-bond acceptors (Lipinski definition) is 8. The van der Waals surface area contributed by atoms with Crippen LogP contribution in [0, 0.1) is 0 Å². The van der Waals surface area contributed by atoms with Crippen LogP contribution in [0.25, 0.3) is 22.2 Å². The Morgan fingerprint density at radius 1 is 1.11 bits per heavy atom. The van der Waals surface area contributed by atoms with Crippen molar-refractivity contribution in [2.45, 2.75) is 25.8 Å². The minimum absolute atomic E-state index is 0.00504. The molecule has 1 aliphatic heterocycles. The summed E-state index contributed by atoms with van der Waals surface area (Å²) >= 11 is 0. The maximum absolute atomic E-state index is 12.7. The Kier molecular flexibility index (Phi) is 6.77. The van der Waals surface area contributed by atoms with Gasteiger partial charge in [0.2, 0.25) is 17.6 Å². The number of hydrogen-bond donors (Lipinski definition) is 1. The molecular formula is C26H28N6O4. The summed E-state index contributed by atoms with van der Waals surface area (Å²) in [5, 5.41) is 12.3. The summed E-state index contributed by atoms with van der Waals surface area (Å²) in [5.74, 6) is 1.87. The van der Waals surface area contributed by atoms with E-state index in [2.05, 4.69) is 25.2 Å². The maximum atomic E-state index is 12.7. The third-order valence-electron chi connectivity index (χ3n) is 6.41. The fourth-order valence-electron chi connectivity index (χ4n) is 4.28. The van der Waals surface area contributed by atoms with Gasteiger partial charge in [0.1, 0.15) is 5.75 Å². The highest BCUT2D eigenvalue weighted by Crippen LogP contribution is 2.29. The predicted molar refractivity (Wildman–Crippen MR) is 134 cm³/mol. The van der Waals surface area contributed by atoms with Gasteiger partial charge in [0.05, 0.1) is 17.7 Å². The largest absolute Gasteiger partial charge is 0.493 e. The van der Waals surface area contributed by atoms with Crippen molar-refractivity contribution in [1.29, 1.82) is 0 Å². The smallest absolute Gasteiger partial charge is 0.272 e. The highest BCUT2D eigenvalue weighted by molar-refractivity contribution is 5.83. The topological polar surface area (TPSA) is 117 Å². The van der Waals surface area contributed by atoms with Crippen molar-refractivity contribution in [3.63, 3.8) is 0 Å². The van der Waals surface area contributed by atoms with Gasteiger partial charge in [-0.3, -0.25) is 14.5 Å². The summed E-state index contributed by atoms with van der Waals surface area (Å²) in [4.78, 5) is 32.9. The number of rotatable bonds is 9. The van der Waals surface area contributed by atoms with Gasteiger partial charge in [0, 0.05) is 56.9 Å². The summed E-state index contributed by atoms with van der Waals surface area (Å²) in [6, 6.07) is 13.3. The van der Waals surface area contributed by atoms with Crippen LogP contribution in [-0.2, 0) is 24.2 Å². The molecule has 0 saturated heterocycles. The molecule has 2 aromatic carbocycles. The second kappa shape index (κ2) is 10.3. The Hall–Kier alpha value is -4.05. The predicted octanol–water partition coefficient (Wildman–Crippen LogP) is 2.43. The van der Waals surface area contributed by atoms with Crippen molar-refractivity contribution in [3.05, 3.63) is 70.0 Å². The van der Waals surface area contributed by atoms with Gasteiger partial charge in [0.15, 0.2) is 0 Å². The summed E-state index contributed by atoms with van der Waals surface area (Å²) in [5.41, 5.74) is 2.62. The Bertz CT molecular complexity index is 1450. The number of carbonyl (C=O) groups is 1. The Labute approximate surface area is 207 Å². The first-order chi connectivity index (χ1) is 17.5. The van der Waals surface area contributed by atoms with Crippen molar-refractivity contribution >= 4 is 16.7 Å². The zero-order chi connectivity index (χ0) is 25.1. The maximum Gasteiger partial charge on any atom is 0.272 e. The number of fused-ring (bicyclic) bond motifs is 2. The van der Waals surface area contributed by atoms with Crippen LogP contribution in [0.15, 0.2) is 51.8 Å². The van der Waals surface area contributed by atoms with E-state index in [1.54, 1.807) is 18.0 Å². The molecule has 10 heteroatoms. The molecule has 36 heavy (non-hydrogen) atoms. The first-order valence-electron chi connectivity index (χ1n) is 12.0. The number of benzene rings is 2. The van der Waals surface area contributed by atoms with Crippen LogP contribution >= 0.6 is 0 Å². The summed E-state index contributed by atoms with van der Waals surface area (Å²) in [7, 11) is 3.75. The van der Waals surface area contributed by atoms with Crippen LogP contribution in [-0.4, -0.2) is 69.8 Å². The number of ether oxygens (including phenoxy) is 1. The van der Waals surface area contributed by atoms with Gasteiger partial charge in [-0.1, -0.05) is 23.4 Å². The molecule has 2 aromatic heterocycles. The molecule has 0 aliphatic carbocycles. The summed E-state index contributed by atoms with van der Waals surface area (Å²) in [6.45, 7) is 2.47.